The molecule has 0 heterocycles. The van der Waals surface area contributed by atoms with E-state index < -0.39 is 6.04 Å². The zero-order chi connectivity index (χ0) is 14.1. The van der Waals surface area contributed by atoms with Gasteiger partial charge < -0.3 is 15.8 Å². The van der Waals surface area contributed by atoms with Crippen molar-refractivity contribution >= 4 is 11.6 Å². The second-order valence-corrected chi connectivity index (χ2v) is 4.61. The van der Waals surface area contributed by atoms with Crippen molar-refractivity contribution in [2.45, 2.75) is 45.6 Å². The van der Waals surface area contributed by atoms with Gasteiger partial charge in [0.05, 0.1) is 12.6 Å². The number of ether oxygens (including phenoxy) is 1. The molecule has 4 heteroatoms. The van der Waals surface area contributed by atoms with E-state index in [1.807, 2.05) is 24.3 Å². The molecule has 0 fully saturated rings. The van der Waals surface area contributed by atoms with Crippen molar-refractivity contribution in [1.82, 2.24) is 0 Å². The summed E-state index contributed by atoms with van der Waals surface area (Å²) in [6.45, 7) is 4.85. The Kier molecular flexibility index (Phi) is 6.97. The van der Waals surface area contributed by atoms with Gasteiger partial charge in [-0.05, 0) is 37.1 Å². The molecule has 1 unspecified atom stereocenters. The van der Waals surface area contributed by atoms with Crippen LogP contribution in [0, 0.1) is 0 Å². The summed E-state index contributed by atoms with van der Waals surface area (Å²) in [6, 6.07) is 6.92. The topological polar surface area (TPSA) is 64.4 Å². The van der Waals surface area contributed by atoms with E-state index in [2.05, 4.69) is 19.2 Å². The van der Waals surface area contributed by atoms with Crippen LogP contribution < -0.4 is 15.8 Å². The molecule has 0 radical (unpaired) electrons. The zero-order valence-corrected chi connectivity index (χ0v) is 11.8. The molecule has 1 atom stereocenters. The lowest BCUT2D eigenvalue weighted by Crippen LogP contribution is -2.35. The highest BCUT2D eigenvalue weighted by Crippen LogP contribution is 2.16. The number of benzene rings is 1. The van der Waals surface area contributed by atoms with Gasteiger partial charge in [-0.3, -0.25) is 4.79 Å². The fourth-order valence-corrected chi connectivity index (χ4v) is 1.64. The van der Waals surface area contributed by atoms with Crippen LogP contribution in [-0.4, -0.2) is 18.6 Å². The van der Waals surface area contributed by atoms with Crippen molar-refractivity contribution in [1.29, 1.82) is 0 Å². The first kappa shape index (κ1) is 15.5. The minimum absolute atomic E-state index is 0.129. The Bertz CT molecular complexity index is 376. The molecule has 0 saturated carbocycles. The van der Waals surface area contributed by atoms with Gasteiger partial charge in [0.15, 0.2) is 0 Å². The van der Waals surface area contributed by atoms with Crippen LogP contribution >= 0.6 is 0 Å². The molecule has 1 aromatic rings. The van der Waals surface area contributed by atoms with Crippen molar-refractivity contribution in [2.24, 2.45) is 5.73 Å². The smallest absolute Gasteiger partial charge is 0.241 e. The van der Waals surface area contributed by atoms with Crippen molar-refractivity contribution in [3.05, 3.63) is 24.3 Å². The van der Waals surface area contributed by atoms with Gasteiger partial charge in [0.2, 0.25) is 5.91 Å². The van der Waals surface area contributed by atoms with Crippen molar-refractivity contribution in [2.75, 3.05) is 11.9 Å². The Morgan fingerprint density at radius 1 is 1.26 bits per heavy atom. The number of carbonyl (C=O) groups excluding carboxylic acids is 1. The number of rotatable bonds is 8. The van der Waals surface area contributed by atoms with Crippen LogP contribution in [0.2, 0.25) is 0 Å². The first-order valence-corrected chi connectivity index (χ1v) is 6.96. The third kappa shape index (κ3) is 5.75. The molecule has 19 heavy (non-hydrogen) atoms. The van der Waals surface area contributed by atoms with Gasteiger partial charge in [-0.15, -0.1) is 0 Å². The van der Waals surface area contributed by atoms with Gasteiger partial charge >= 0.3 is 0 Å². The molecule has 3 N–H and O–H groups in total. The predicted octanol–water partition coefficient (Wildman–Crippen LogP) is 2.93. The predicted molar refractivity (Wildman–Crippen MR) is 78.4 cm³/mol. The minimum Gasteiger partial charge on any atom is -0.494 e. The molecule has 1 rings (SSSR count). The molecule has 0 aliphatic rings. The summed E-state index contributed by atoms with van der Waals surface area (Å²) in [4.78, 5) is 11.8. The van der Waals surface area contributed by atoms with E-state index in [1.54, 1.807) is 0 Å². The van der Waals surface area contributed by atoms with Gasteiger partial charge in [0, 0.05) is 5.69 Å². The summed E-state index contributed by atoms with van der Waals surface area (Å²) < 4.78 is 5.48. The lowest BCUT2D eigenvalue weighted by Gasteiger charge is -2.12. The molecule has 1 aromatic carbocycles. The largest absolute Gasteiger partial charge is 0.494 e. The summed E-state index contributed by atoms with van der Waals surface area (Å²) in [5.41, 5.74) is 6.56. The number of anilines is 1. The third-order valence-electron chi connectivity index (χ3n) is 2.80. The van der Waals surface area contributed by atoms with E-state index in [4.69, 9.17) is 10.5 Å². The standard InChI is InChI=1S/C15H24N2O2/c1-3-5-6-14(16)15(18)17-12-7-9-13(10-8-12)19-11-4-2/h7-10,14H,3-6,11,16H2,1-2H3,(H,17,18). The first-order valence-electron chi connectivity index (χ1n) is 6.96. The minimum atomic E-state index is -0.434. The van der Waals surface area contributed by atoms with Crippen molar-refractivity contribution in [3.8, 4) is 5.75 Å². The summed E-state index contributed by atoms with van der Waals surface area (Å²) in [7, 11) is 0. The average molecular weight is 264 g/mol. The second-order valence-electron chi connectivity index (χ2n) is 4.61. The van der Waals surface area contributed by atoms with Gasteiger partial charge in [-0.2, -0.15) is 0 Å². The fourth-order valence-electron chi connectivity index (χ4n) is 1.64. The molecule has 0 saturated heterocycles. The highest BCUT2D eigenvalue weighted by atomic mass is 16.5. The Morgan fingerprint density at radius 2 is 1.95 bits per heavy atom. The fraction of sp³-hybridized carbons (Fsp3) is 0.533. The van der Waals surface area contributed by atoms with Crippen LogP contribution in [0.4, 0.5) is 5.69 Å². The number of unbranched alkanes of at least 4 members (excludes halogenated alkanes) is 1. The zero-order valence-electron chi connectivity index (χ0n) is 11.8. The Morgan fingerprint density at radius 3 is 2.53 bits per heavy atom. The first-order chi connectivity index (χ1) is 9.17. The normalized spacial score (nSPS) is 11.9. The lowest BCUT2D eigenvalue weighted by molar-refractivity contribution is -0.117. The van der Waals surface area contributed by atoms with E-state index in [-0.39, 0.29) is 5.91 Å². The Labute approximate surface area is 115 Å². The van der Waals surface area contributed by atoms with Crippen LogP contribution in [0.5, 0.6) is 5.75 Å². The maximum Gasteiger partial charge on any atom is 0.241 e. The monoisotopic (exact) mass is 264 g/mol. The highest BCUT2D eigenvalue weighted by molar-refractivity contribution is 5.94. The molecule has 0 bridgehead atoms. The van der Waals surface area contributed by atoms with Crippen LogP contribution in [0.3, 0.4) is 0 Å². The van der Waals surface area contributed by atoms with Gasteiger partial charge in [0.25, 0.3) is 0 Å². The molecule has 0 aromatic heterocycles. The van der Waals surface area contributed by atoms with E-state index in [9.17, 15) is 4.79 Å². The van der Waals surface area contributed by atoms with Crippen LogP contribution in [0.1, 0.15) is 39.5 Å². The maximum absolute atomic E-state index is 11.8. The maximum atomic E-state index is 11.8. The summed E-state index contributed by atoms with van der Waals surface area (Å²) in [5.74, 6) is 0.686. The molecule has 4 nitrogen and oxygen atoms in total. The number of amides is 1. The molecular weight excluding hydrogens is 240 g/mol. The lowest BCUT2D eigenvalue weighted by atomic mass is 10.1. The highest BCUT2D eigenvalue weighted by Gasteiger charge is 2.12. The van der Waals surface area contributed by atoms with E-state index in [0.29, 0.717) is 6.61 Å². The molecule has 0 aliphatic carbocycles. The van der Waals surface area contributed by atoms with E-state index in [0.717, 1.165) is 37.1 Å². The number of hydrogen-bond acceptors (Lipinski definition) is 3. The SMILES string of the molecule is CCCCC(N)C(=O)Nc1ccc(OCCC)cc1. The number of hydrogen-bond donors (Lipinski definition) is 2. The second kappa shape index (κ2) is 8.53. The van der Waals surface area contributed by atoms with Crippen molar-refractivity contribution < 1.29 is 9.53 Å². The number of carbonyl (C=O) groups is 1. The summed E-state index contributed by atoms with van der Waals surface area (Å²) in [6.07, 6.45) is 3.72. The number of nitrogens with one attached hydrogen (secondary N) is 1. The van der Waals surface area contributed by atoms with Crippen LogP contribution in [0.15, 0.2) is 24.3 Å². The van der Waals surface area contributed by atoms with Crippen molar-refractivity contribution in [3.63, 3.8) is 0 Å². The van der Waals surface area contributed by atoms with E-state index in [1.165, 1.54) is 0 Å². The van der Waals surface area contributed by atoms with E-state index >= 15 is 0 Å². The van der Waals surface area contributed by atoms with Gasteiger partial charge in [0.1, 0.15) is 5.75 Å². The molecule has 0 spiro atoms. The van der Waals surface area contributed by atoms with Crippen LogP contribution in [-0.2, 0) is 4.79 Å². The molecule has 0 aliphatic heterocycles. The van der Waals surface area contributed by atoms with Gasteiger partial charge in [-0.25, -0.2) is 0 Å². The average Bonchev–Trinajstić information content (AvgIpc) is 2.43. The molecule has 1 amide bonds. The summed E-state index contributed by atoms with van der Waals surface area (Å²) >= 11 is 0. The third-order valence-corrected chi connectivity index (χ3v) is 2.80. The van der Waals surface area contributed by atoms with Crippen LogP contribution in [0.25, 0.3) is 0 Å². The summed E-state index contributed by atoms with van der Waals surface area (Å²) in [5, 5.41) is 2.81. The number of nitrogens with two attached hydrogens (primary N) is 1. The Balaban J connectivity index is 2.45. The Hall–Kier alpha value is -1.55. The quantitative estimate of drug-likeness (QED) is 0.758. The molecule has 106 valence electrons. The van der Waals surface area contributed by atoms with Gasteiger partial charge in [-0.1, -0.05) is 26.7 Å². The molecular formula is C15H24N2O2.